The fourth-order valence-corrected chi connectivity index (χ4v) is 5.63. The molecule has 4 aromatic rings. The number of aromatic amines is 1. The third-order valence-corrected chi connectivity index (χ3v) is 7.35. The molecule has 6 rings (SSSR count). The van der Waals surface area contributed by atoms with Crippen molar-refractivity contribution >= 4 is 27.7 Å². The topological polar surface area (TPSA) is 69.2 Å². The number of carbonyl (C=O) groups is 1. The molecule has 3 heterocycles. The lowest BCUT2D eigenvalue weighted by molar-refractivity contribution is -0.139. The number of benzene rings is 2. The third-order valence-electron chi connectivity index (χ3n) is 7.35. The number of nitrogens with one attached hydrogen (secondary N) is 1. The van der Waals surface area contributed by atoms with Crippen LogP contribution in [0, 0.1) is 17.6 Å². The van der Waals surface area contributed by atoms with Crippen LogP contribution in [0.4, 0.5) is 8.78 Å². The van der Waals surface area contributed by atoms with E-state index in [0.29, 0.717) is 37.9 Å². The first-order chi connectivity index (χ1) is 16.5. The third kappa shape index (κ3) is 3.46. The van der Waals surface area contributed by atoms with Gasteiger partial charge < -0.3 is 15.0 Å². The lowest BCUT2D eigenvalue weighted by Gasteiger charge is -2.32. The van der Waals surface area contributed by atoms with Gasteiger partial charge in [-0.3, -0.25) is 9.78 Å². The maximum absolute atomic E-state index is 13.9. The fourth-order valence-electron chi connectivity index (χ4n) is 5.63. The van der Waals surface area contributed by atoms with Gasteiger partial charge in [-0.15, -0.1) is 0 Å². The molecule has 2 N–H and O–H groups in total. The molecule has 7 heteroatoms. The van der Waals surface area contributed by atoms with E-state index >= 15 is 0 Å². The molecule has 0 radical (unpaired) electrons. The number of nitrogens with zero attached hydrogens (tertiary/aromatic N) is 2. The Labute approximate surface area is 195 Å². The van der Waals surface area contributed by atoms with Gasteiger partial charge in [0.25, 0.3) is 0 Å². The predicted molar refractivity (Wildman–Crippen MR) is 125 cm³/mol. The van der Waals surface area contributed by atoms with Crippen molar-refractivity contribution in [2.24, 2.45) is 5.92 Å². The summed E-state index contributed by atoms with van der Waals surface area (Å²) in [5.41, 5.74) is 5.22. The van der Waals surface area contributed by atoms with Crippen LogP contribution in [0.25, 0.3) is 21.8 Å². The van der Waals surface area contributed by atoms with Gasteiger partial charge in [-0.25, -0.2) is 8.78 Å². The Morgan fingerprint density at radius 2 is 2.00 bits per heavy atom. The van der Waals surface area contributed by atoms with Crippen LogP contribution in [0.15, 0.2) is 42.5 Å². The number of pyridine rings is 1. The second-order valence-electron chi connectivity index (χ2n) is 9.44. The number of aliphatic hydroxyl groups excluding tert-OH is 1. The van der Waals surface area contributed by atoms with E-state index in [-0.39, 0.29) is 11.8 Å². The monoisotopic (exact) mass is 461 g/mol. The normalized spacial score (nSPS) is 20.3. The van der Waals surface area contributed by atoms with E-state index in [1.807, 2.05) is 23.1 Å². The fraction of sp³-hybridized carbons (Fsp3) is 0.333. The van der Waals surface area contributed by atoms with E-state index in [1.165, 1.54) is 6.07 Å². The molecular formula is C27H25F2N3O2. The second kappa shape index (κ2) is 8.17. The van der Waals surface area contributed by atoms with Gasteiger partial charge >= 0.3 is 0 Å². The van der Waals surface area contributed by atoms with Crippen LogP contribution in [-0.4, -0.2) is 38.5 Å². The summed E-state index contributed by atoms with van der Waals surface area (Å²) in [5, 5.41) is 12.4. The molecule has 174 valence electrons. The smallest absolute Gasteiger partial charge is 0.228 e. The zero-order valence-corrected chi connectivity index (χ0v) is 18.7. The number of aromatic nitrogens is 2. The zero-order chi connectivity index (χ0) is 23.4. The minimum atomic E-state index is -0.879. The number of aliphatic hydroxyl groups is 1. The van der Waals surface area contributed by atoms with Crippen LogP contribution in [0.2, 0.25) is 0 Å². The predicted octanol–water partition coefficient (Wildman–Crippen LogP) is 4.63. The number of halogens is 2. The van der Waals surface area contributed by atoms with Crippen LogP contribution in [0.5, 0.6) is 0 Å². The lowest BCUT2D eigenvalue weighted by atomic mass is 9.95. The van der Waals surface area contributed by atoms with Crippen LogP contribution in [-0.2, 0) is 24.2 Å². The van der Waals surface area contributed by atoms with E-state index in [1.54, 1.807) is 6.07 Å². The summed E-state index contributed by atoms with van der Waals surface area (Å²) in [6, 6.07) is 12.0. The van der Waals surface area contributed by atoms with Crippen LogP contribution < -0.4 is 0 Å². The molecule has 2 aromatic heterocycles. The van der Waals surface area contributed by atoms with E-state index in [2.05, 4.69) is 11.1 Å². The molecule has 0 unspecified atom stereocenters. The summed E-state index contributed by atoms with van der Waals surface area (Å²) in [6.07, 6.45) is 2.72. The van der Waals surface area contributed by atoms with E-state index in [0.717, 1.165) is 57.7 Å². The number of carbonyl (C=O) groups excluding carboxylic acids is 1. The quantitative estimate of drug-likeness (QED) is 0.467. The molecule has 2 atom stereocenters. The van der Waals surface area contributed by atoms with Crippen molar-refractivity contribution in [3.8, 4) is 0 Å². The first kappa shape index (κ1) is 21.2. The van der Waals surface area contributed by atoms with Gasteiger partial charge in [-0.05, 0) is 55.0 Å². The van der Waals surface area contributed by atoms with E-state index in [4.69, 9.17) is 4.98 Å². The molecule has 1 aliphatic carbocycles. The highest BCUT2D eigenvalue weighted by Crippen LogP contribution is 2.36. The summed E-state index contributed by atoms with van der Waals surface area (Å²) in [4.78, 5) is 23.4. The van der Waals surface area contributed by atoms with Crippen LogP contribution >= 0.6 is 0 Å². The summed E-state index contributed by atoms with van der Waals surface area (Å²) >= 11 is 0. The molecule has 2 aliphatic rings. The molecule has 5 nitrogen and oxygen atoms in total. The summed E-state index contributed by atoms with van der Waals surface area (Å²) < 4.78 is 27.4. The number of fused-ring (bicyclic) bond motifs is 5. The minimum Gasteiger partial charge on any atom is -0.392 e. The van der Waals surface area contributed by atoms with Gasteiger partial charge in [0, 0.05) is 29.3 Å². The van der Waals surface area contributed by atoms with Crippen molar-refractivity contribution in [3.63, 3.8) is 0 Å². The number of rotatable bonds is 3. The molecular weight excluding hydrogens is 436 g/mol. The second-order valence-corrected chi connectivity index (χ2v) is 9.44. The Morgan fingerprint density at radius 1 is 1.15 bits per heavy atom. The van der Waals surface area contributed by atoms with Crippen molar-refractivity contribution in [1.29, 1.82) is 0 Å². The van der Waals surface area contributed by atoms with Gasteiger partial charge in [-0.2, -0.15) is 0 Å². The maximum atomic E-state index is 13.9. The van der Waals surface area contributed by atoms with Gasteiger partial charge in [0.2, 0.25) is 5.91 Å². The Morgan fingerprint density at radius 3 is 2.79 bits per heavy atom. The number of para-hydroxylation sites is 1. The maximum Gasteiger partial charge on any atom is 0.228 e. The average Bonchev–Trinajstić information content (AvgIpc) is 3.44. The largest absolute Gasteiger partial charge is 0.392 e. The highest BCUT2D eigenvalue weighted by atomic mass is 19.2. The van der Waals surface area contributed by atoms with Crippen molar-refractivity contribution in [1.82, 2.24) is 14.9 Å². The van der Waals surface area contributed by atoms with Gasteiger partial charge in [-0.1, -0.05) is 24.3 Å². The number of hydrogen-bond acceptors (Lipinski definition) is 3. The van der Waals surface area contributed by atoms with Crippen LogP contribution in [0.3, 0.4) is 0 Å². The van der Waals surface area contributed by atoms with E-state index in [9.17, 15) is 18.7 Å². The molecule has 34 heavy (non-hydrogen) atoms. The standard InChI is InChI=1S/C27H25F2N3O2/c28-19-9-8-15(12-20(19)29)13-22-26-25(16-4-1-2-6-21(16)31-26)17-10-11-32(14-23(17)30-22)27(34)18-5-3-7-24(18)33/h1-2,4,6,8-9,12,18,24,31,33H,3,5,7,10-11,13-14H2/t18-,24+/m1/s1. The SMILES string of the molecule is O=C([C@@H]1CCC[C@@H]1O)N1CCc2c(nc(Cc3ccc(F)c(F)c3)c3[nH]c4ccccc4c23)C1. The summed E-state index contributed by atoms with van der Waals surface area (Å²) in [5.74, 6) is -2.09. The van der Waals surface area contributed by atoms with Crippen LogP contribution in [0.1, 0.15) is 41.8 Å². The van der Waals surface area contributed by atoms with Crippen molar-refractivity contribution in [2.75, 3.05) is 6.54 Å². The molecule has 0 spiro atoms. The first-order valence-corrected chi connectivity index (χ1v) is 11.8. The Hall–Kier alpha value is -3.32. The average molecular weight is 462 g/mol. The lowest BCUT2D eigenvalue weighted by Crippen LogP contribution is -2.42. The van der Waals surface area contributed by atoms with Crippen molar-refractivity contribution < 1.29 is 18.7 Å². The summed E-state index contributed by atoms with van der Waals surface area (Å²) in [7, 11) is 0. The highest BCUT2D eigenvalue weighted by molar-refractivity contribution is 6.10. The van der Waals surface area contributed by atoms with Gasteiger partial charge in [0.1, 0.15) is 0 Å². The number of hydrogen-bond donors (Lipinski definition) is 2. The van der Waals surface area contributed by atoms with E-state index < -0.39 is 17.7 Å². The molecule has 1 aliphatic heterocycles. The van der Waals surface area contributed by atoms with Crippen molar-refractivity contribution in [2.45, 2.75) is 44.8 Å². The first-order valence-electron chi connectivity index (χ1n) is 11.8. The highest BCUT2D eigenvalue weighted by Gasteiger charge is 2.36. The molecule has 2 aromatic carbocycles. The molecule has 1 fully saturated rings. The van der Waals surface area contributed by atoms with Gasteiger partial charge in [0.15, 0.2) is 11.6 Å². The minimum absolute atomic E-state index is 0.00127. The number of H-pyrrole nitrogens is 1. The molecule has 1 amide bonds. The molecule has 1 saturated carbocycles. The Kier molecular flexibility index (Phi) is 5.10. The molecule has 0 bridgehead atoms. The zero-order valence-electron chi connectivity index (χ0n) is 18.7. The van der Waals surface area contributed by atoms with Gasteiger partial charge in [0.05, 0.1) is 35.5 Å². The van der Waals surface area contributed by atoms with Crippen molar-refractivity contribution in [3.05, 3.63) is 76.6 Å². The summed E-state index contributed by atoms with van der Waals surface area (Å²) in [6.45, 7) is 0.978. The Bertz CT molecular complexity index is 1430. The Balaban J connectivity index is 1.45. The molecule has 0 saturated heterocycles. The number of amides is 1.